The van der Waals surface area contributed by atoms with Gasteiger partial charge in [0, 0.05) is 0 Å². The van der Waals surface area contributed by atoms with Crippen molar-refractivity contribution >= 4 is 45.9 Å². The molecule has 1 amide bonds. The molecule has 1 fully saturated rings. The van der Waals surface area contributed by atoms with E-state index in [1.54, 1.807) is 11.3 Å². The molecule has 1 saturated heterocycles. The van der Waals surface area contributed by atoms with Gasteiger partial charge in [0.05, 0.1) is 10.6 Å². The van der Waals surface area contributed by atoms with Gasteiger partial charge < -0.3 is 5.32 Å². The molecule has 0 spiro atoms. The first kappa shape index (κ1) is 14.1. The number of nitrogens with one attached hydrogen (secondary N) is 1. The molecule has 0 radical (unpaired) electrons. The highest BCUT2D eigenvalue weighted by Gasteiger charge is 2.23. The fourth-order valence-corrected chi connectivity index (χ4v) is 3.39. The third kappa shape index (κ3) is 3.25. The van der Waals surface area contributed by atoms with E-state index in [0.29, 0.717) is 10.1 Å². The van der Waals surface area contributed by atoms with Crippen molar-refractivity contribution in [2.45, 2.75) is 13.8 Å². The quantitative estimate of drug-likeness (QED) is 0.842. The second kappa shape index (κ2) is 5.87. The highest BCUT2D eigenvalue weighted by atomic mass is 32.2. The molecule has 3 rings (SSSR count). The molecule has 1 aromatic carbocycles. The fraction of sp³-hybridized carbons (Fsp3) is 0.125. The van der Waals surface area contributed by atoms with Gasteiger partial charge in [0.25, 0.3) is 5.91 Å². The van der Waals surface area contributed by atoms with E-state index in [4.69, 9.17) is 0 Å². The predicted octanol–water partition coefficient (Wildman–Crippen LogP) is 4.26. The lowest BCUT2D eigenvalue weighted by Gasteiger charge is -2.02. The average Bonchev–Trinajstić information content (AvgIpc) is 3.06. The van der Waals surface area contributed by atoms with Gasteiger partial charge in [-0.1, -0.05) is 12.1 Å². The van der Waals surface area contributed by atoms with E-state index in [1.807, 2.05) is 48.9 Å². The molecule has 0 unspecified atom stereocenters. The number of thioether (sulfide) groups is 1. The zero-order valence-electron chi connectivity index (χ0n) is 11.7. The van der Waals surface area contributed by atoms with Crippen molar-refractivity contribution in [2.75, 3.05) is 0 Å². The van der Waals surface area contributed by atoms with Gasteiger partial charge in [0.1, 0.15) is 0 Å². The van der Waals surface area contributed by atoms with Crippen LogP contribution in [0.5, 0.6) is 0 Å². The third-order valence-corrected chi connectivity index (χ3v) is 4.69. The number of nitrogens with zero attached hydrogens (tertiary/aromatic N) is 1. The van der Waals surface area contributed by atoms with Gasteiger partial charge in [-0.25, -0.2) is 4.99 Å². The smallest absolute Gasteiger partial charge is 0.264 e. The maximum absolute atomic E-state index is 12.0. The first-order valence-electron chi connectivity index (χ1n) is 6.51. The number of amides is 1. The minimum atomic E-state index is -0.0877. The Labute approximate surface area is 131 Å². The number of carbonyl (C=O) groups excluding carboxylic acids is 1. The summed E-state index contributed by atoms with van der Waals surface area (Å²) in [5, 5.41) is 7.46. The molecule has 2 heterocycles. The molecule has 1 N–H and O–H groups in total. The molecule has 106 valence electrons. The van der Waals surface area contributed by atoms with Crippen molar-refractivity contribution < 1.29 is 4.79 Å². The minimum Gasteiger partial charge on any atom is -0.300 e. The van der Waals surface area contributed by atoms with Crippen molar-refractivity contribution in [3.8, 4) is 0 Å². The largest absolute Gasteiger partial charge is 0.300 e. The predicted molar refractivity (Wildman–Crippen MR) is 91.0 cm³/mol. The van der Waals surface area contributed by atoms with E-state index in [2.05, 4.69) is 16.4 Å². The first-order chi connectivity index (χ1) is 10.1. The van der Waals surface area contributed by atoms with Gasteiger partial charge in [0.2, 0.25) is 0 Å². The first-order valence-corrected chi connectivity index (χ1v) is 8.27. The van der Waals surface area contributed by atoms with Crippen molar-refractivity contribution in [1.82, 2.24) is 5.32 Å². The molecule has 0 aliphatic carbocycles. The standard InChI is InChI=1S/C16H14N2OS2/c1-10-3-4-11(2)13(7-10)17-16-18-15(19)14(21-16)8-12-5-6-20-9-12/h3-9H,1-2H3,(H,17,18,19)/b14-8+. The van der Waals surface area contributed by atoms with Crippen molar-refractivity contribution in [3.05, 3.63) is 56.6 Å². The number of aryl methyl sites for hydroxylation is 2. The summed E-state index contributed by atoms with van der Waals surface area (Å²) in [5.41, 5.74) is 4.20. The number of benzene rings is 1. The van der Waals surface area contributed by atoms with E-state index < -0.39 is 0 Å². The summed E-state index contributed by atoms with van der Waals surface area (Å²) in [6.45, 7) is 4.05. The molecule has 1 aromatic heterocycles. The summed E-state index contributed by atoms with van der Waals surface area (Å²) in [7, 11) is 0. The summed E-state index contributed by atoms with van der Waals surface area (Å²) >= 11 is 3.00. The third-order valence-electron chi connectivity index (χ3n) is 3.08. The summed E-state index contributed by atoms with van der Waals surface area (Å²) < 4.78 is 0. The number of thiophene rings is 1. The summed E-state index contributed by atoms with van der Waals surface area (Å²) in [4.78, 5) is 17.2. The Balaban J connectivity index is 1.87. The molecular weight excluding hydrogens is 300 g/mol. The maximum Gasteiger partial charge on any atom is 0.264 e. The Morgan fingerprint density at radius 3 is 2.86 bits per heavy atom. The van der Waals surface area contributed by atoms with Crippen LogP contribution in [0, 0.1) is 13.8 Å². The van der Waals surface area contributed by atoms with Crippen LogP contribution in [-0.2, 0) is 4.79 Å². The number of hydrogen-bond donors (Lipinski definition) is 1. The highest BCUT2D eigenvalue weighted by molar-refractivity contribution is 8.18. The Hall–Kier alpha value is -1.85. The van der Waals surface area contributed by atoms with Gasteiger partial charge in [-0.3, -0.25) is 4.79 Å². The molecule has 1 aliphatic heterocycles. The number of aliphatic imine (C=N–C) groups is 1. The van der Waals surface area contributed by atoms with Crippen LogP contribution >= 0.6 is 23.1 Å². The highest BCUT2D eigenvalue weighted by Crippen LogP contribution is 2.29. The second-order valence-corrected chi connectivity index (χ2v) is 6.64. The lowest BCUT2D eigenvalue weighted by atomic mass is 10.1. The Morgan fingerprint density at radius 2 is 2.10 bits per heavy atom. The van der Waals surface area contributed by atoms with E-state index >= 15 is 0 Å². The normalized spacial score (nSPS) is 18.5. The maximum atomic E-state index is 12.0. The molecular formula is C16H14N2OS2. The van der Waals surface area contributed by atoms with Gasteiger partial charge in [-0.2, -0.15) is 11.3 Å². The molecule has 5 heteroatoms. The molecule has 1 aliphatic rings. The van der Waals surface area contributed by atoms with Gasteiger partial charge in [-0.05, 0) is 71.3 Å². The lowest BCUT2D eigenvalue weighted by molar-refractivity contribution is -0.115. The van der Waals surface area contributed by atoms with E-state index in [0.717, 1.165) is 22.4 Å². The van der Waals surface area contributed by atoms with Gasteiger partial charge in [0.15, 0.2) is 5.17 Å². The van der Waals surface area contributed by atoms with Crippen molar-refractivity contribution in [2.24, 2.45) is 4.99 Å². The Bertz CT molecular complexity index is 746. The number of rotatable bonds is 2. The molecule has 3 nitrogen and oxygen atoms in total. The van der Waals surface area contributed by atoms with Crippen molar-refractivity contribution in [1.29, 1.82) is 0 Å². The Morgan fingerprint density at radius 1 is 1.24 bits per heavy atom. The summed E-state index contributed by atoms with van der Waals surface area (Å²) in [5.74, 6) is -0.0877. The molecule has 0 atom stereocenters. The summed E-state index contributed by atoms with van der Waals surface area (Å²) in [6.07, 6.45) is 1.89. The summed E-state index contributed by atoms with van der Waals surface area (Å²) in [6, 6.07) is 8.11. The van der Waals surface area contributed by atoms with E-state index in [1.165, 1.54) is 11.8 Å². The van der Waals surface area contributed by atoms with E-state index in [9.17, 15) is 4.79 Å². The van der Waals surface area contributed by atoms with Crippen LogP contribution in [0.2, 0.25) is 0 Å². The van der Waals surface area contributed by atoms with Crippen LogP contribution in [0.4, 0.5) is 5.69 Å². The number of hydrogen-bond acceptors (Lipinski definition) is 4. The van der Waals surface area contributed by atoms with Crippen LogP contribution in [-0.4, -0.2) is 11.1 Å². The van der Waals surface area contributed by atoms with Crippen LogP contribution in [0.15, 0.2) is 44.9 Å². The number of amidine groups is 1. The van der Waals surface area contributed by atoms with Crippen molar-refractivity contribution in [3.63, 3.8) is 0 Å². The molecule has 0 saturated carbocycles. The molecule has 21 heavy (non-hydrogen) atoms. The lowest BCUT2D eigenvalue weighted by Crippen LogP contribution is -2.19. The molecule has 0 bridgehead atoms. The number of carbonyl (C=O) groups is 1. The topological polar surface area (TPSA) is 41.5 Å². The van der Waals surface area contributed by atoms with Crippen LogP contribution in [0.1, 0.15) is 16.7 Å². The zero-order chi connectivity index (χ0) is 14.8. The van der Waals surface area contributed by atoms with Gasteiger partial charge in [-0.15, -0.1) is 0 Å². The van der Waals surface area contributed by atoms with Crippen LogP contribution in [0.25, 0.3) is 6.08 Å². The minimum absolute atomic E-state index is 0.0877. The van der Waals surface area contributed by atoms with Crippen LogP contribution < -0.4 is 5.32 Å². The monoisotopic (exact) mass is 314 g/mol. The molecule has 2 aromatic rings. The zero-order valence-corrected chi connectivity index (χ0v) is 13.3. The second-order valence-electron chi connectivity index (χ2n) is 4.83. The fourth-order valence-electron chi connectivity index (χ4n) is 1.94. The SMILES string of the molecule is Cc1ccc(C)c(N=C2NC(=O)/C(=C\c3ccsc3)S2)c1. The Kier molecular flexibility index (Phi) is 3.94. The van der Waals surface area contributed by atoms with Crippen LogP contribution in [0.3, 0.4) is 0 Å². The average molecular weight is 314 g/mol. The van der Waals surface area contributed by atoms with Gasteiger partial charge >= 0.3 is 0 Å². The van der Waals surface area contributed by atoms with E-state index in [-0.39, 0.29) is 5.91 Å².